The summed E-state index contributed by atoms with van der Waals surface area (Å²) in [5.41, 5.74) is 0.584. The number of carbonyl (C=O) groups excluding carboxylic acids is 1. The van der Waals surface area contributed by atoms with Crippen molar-refractivity contribution in [2.45, 2.75) is 58.2 Å². The molecule has 0 unspecified atom stereocenters. The molecular formula is C17H26BrN3O2. The maximum absolute atomic E-state index is 12.1. The first kappa shape index (κ1) is 18.2. The summed E-state index contributed by atoms with van der Waals surface area (Å²) in [6, 6.07) is 5.92. The Morgan fingerprint density at radius 3 is 2.61 bits per heavy atom. The third kappa shape index (κ3) is 5.77. The van der Waals surface area contributed by atoms with Gasteiger partial charge in [-0.05, 0) is 68.6 Å². The van der Waals surface area contributed by atoms with E-state index < -0.39 is 5.60 Å². The first-order chi connectivity index (χ1) is 10.7. The van der Waals surface area contributed by atoms with Gasteiger partial charge >= 0.3 is 6.09 Å². The number of nitrogens with one attached hydrogen (secondary N) is 1. The SMILES string of the molecule is CC1(NCc2cccc(Br)n2)CCN(C(=O)OC(C)(C)C)CC1. The van der Waals surface area contributed by atoms with Crippen LogP contribution in [-0.2, 0) is 11.3 Å². The monoisotopic (exact) mass is 383 g/mol. The molecule has 6 heteroatoms. The van der Waals surface area contributed by atoms with E-state index in [1.165, 1.54) is 0 Å². The Bertz CT molecular complexity index is 549. The Kier molecular flexibility index (Phi) is 5.68. The quantitative estimate of drug-likeness (QED) is 0.807. The van der Waals surface area contributed by atoms with Crippen molar-refractivity contribution in [3.05, 3.63) is 28.5 Å². The standard InChI is InChI=1S/C17H26BrN3O2/c1-16(2,3)23-15(22)21-10-8-17(4,9-11-21)19-12-13-6-5-7-14(18)20-13/h5-7,19H,8-12H2,1-4H3. The molecule has 0 bridgehead atoms. The average Bonchev–Trinajstić information content (AvgIpc) is 2.44. The number of aromatic nitrogens is 1. The molecule has 1 saturated heterocycles. The van der Waals surface area contributed by atoms with Crippen LogP contribution < -0.4 is 5.32 Å². The molecule has 0 saturated carbocycles. The number of halogens is 1. The number of hydrogen-bond acceptors (Lipinski definition) is 4. The summed E-state index contributed by atoms with van der Waals surface area (Å²) >= 11 is 3.39. The maximum atomic E-state index is 12.1. The number of likely N-dealkylation sites (tertiary alicyclic amines) is 1. The molecule has 0 spiro atoms. The second-order valence-electron chi connectivity index (χ2n) is 7.33. The molecule has 1 amide bonds. The molecule has 1 aliphatic heterocycles. The van der Waals surface area contributed by atoms with E-state index in [0.717, 1.165) is 29.7 Å². The van der Waals surface area contributed by atoms with Gasteiger partial charge in [-0.1, -0.05) is 6.07 Å². The van der Waals surface area contributed by atoms with Gasteiger partial charge in [0.15, 0.2) is 0 Å². The Hall–Kier alpha value is -1.14. The van der Waals surface area contributed by atoms with Gasteiger partial charge in [0.1, 0.15) is 10.2 Å². The second kappa shape index (κ2) is 7.18. The Balaban J connectivity index is 1.83. The predicted molar refractivity (Wildman–Crippen MR) is 94.2 cm³/mol. The topological polar surface area (TPSA) is 54.5 Å². The molecule has 2 heterocycles. The lowest BCUT2D eigenvalue weighted by molar-refractivity contribution is 0.0156. The largest absolute Gasteiger partial charge is 0.444 e. The van der Waals surface area contributed by atoms with Crippen molar-refractivity contribution in [3.63, 3.8) is 0 Å². The van der Waals surface area contributed by atoms with Crippen LogP contribution in [0.4, 0.5) is 4.79 Å². The van der Waals surface area contributed by atoms with Gasteiger partial charge < -0.3 is 15.0 Å². The van der Waals surface area contributed by atoms with Gasteiger partial charge in [-0.3, -0.25) is 0 Å². The van der Waals surface area contributed by atoms with Gasteiger partial charge in [0.05, 0.1) is 5.69 Å². The van der Waals surface area contributed by atoms with Crippen molar-refractivity contribution in [2.75, 3.05) is 13.1 Å². The lowest BCUT2D eigenvalue weighted by Crippen LogP contribution is -2.53. The summed E-state index contributed by atoms with van der Waals surface area (Å²) < 4.78 is 6.29. The van der Waals surface area contributed by atoms with E-state index in [1.54, 1.807) is 4.90 Å². The molecule has 0 aliphatic carbocycles. The summed E-state index contributed by atoms with van der Waals surface area (Å²) in [6.45, 7) is 10.0. The van der Waals surface area contributed by atoms with Crippen LogP contribution in [0.15, 0.2) is 22.8 Å². The molecule has 0 aromatic carbocycles. The molecule has 1 aromatic heterocycles. The van der Waals surface area contributed by atoms with Gasteiger partial charge in [0, 0.05) is 25.2 Å². The lowest BCUT2D eigenvalue weighted by Gasteiger charge is -2.40. The van der Waals surface area contributed by atoms with Crippen LogP contribution in [0, 0.1) is 0 Å². The van der Waals surface area contributed by atoms with Crippen molar-refractivity contribution >= 4 is 22.0 Å². The molecular weight excluding hydrogens is 358 g/mol. The summed E-state index contributed by atoms with van der Waals surface area (Å²) in [5, 5.41) is 3.59. The van der Waals surface area contributed by atoms with E-state index in [0.29, 0.717) is 13.1 Å². The van der Waals surface area contributed by atoms with Gasteiger partial charge in [-0.2, -0.15) is 0 Å². The molecule has 1 aromatic rings. The number of piperidine rings is 1. The molecule has 0 radical (unpaired) electrons. The molecule has 0 atom stereocenters. The van der Waals surface area contributed by atoms with E-state index in [1.807, 2.05) is 39.0 Å². The fourth-order valence-corrected chi connectivity index (χ4v) is 2.92. The maximum Gasteiger partial charge on any atom is 0.410 e. The van der Waals surface area contributed by atoms with Crippen molar-refractivity contribution in [1.82, 2.24) is 15.2 Å². The number of amides is 1. The molecule has 128 valence electrons. The Labute approximate surface area is 146 Å². The van der Waals surface area contributed by atoms with Crippen LogP contribution >= 0.6 is 15.9 Å². The third-order valence-electron chi connectivity index (χ3n) is 3.99. The van der Waals surface area contributed by atoms with Crippen LogP contribution in [0.25, 0.3) is 0 Å². The van der Waals surface area contributed by atoms with Crippen molar-refractivity contribution in [1.29, 1.82) is 0 Å². The Morgan fingerprint density at radius 1 is 1.39 bits per heavy atom. The van der Waals surface area contributed by atoms with Crippen LogP contribution in [0.1, 0.15) is 46.2 Å². The fourth-order valence-electron chi connectivity index (χ4n) is 2.54. The zero-order valence-corrected chi connectivity index (χ0v) is 15.9. The van der Waals surface area contributed by atoms with Gasteiger partial charge in [-0.15, -0.1) is 0 Å². The average molecular weight is 384 g/mol. The minimum atomic E-state index is -0.442. The zero-order valence-electron chi connectivity index (χ0n) is 14.4. The normalized spacial score (nSPS) is 17.9. The van der Waals surface area contributed by atoms with Gasteiger partial charge in [-0.25, -0.2) is 9.78 Å². The zero-order chi connectivity index (χ0) is 17.1. The number of carbonyl (C=O) groups is 1. The van der Waals surface area contributed by atoms with Crippen molar-refractivity contribution in [3.8, 4) is 0 Å². The predicted octanol–water partition coefficient (Wildman–Crippen LogP) is 3.72. The Morgan fingerprint density at radius 2 is 2.04 bits per heavy atom. The highest BCUT2D eigenvalue weighted by molar-refractivity contribution is 9.10. The van der Waals surface area contributed by atoms with Gasteiger partial charge in [0.2, 0.25) is 0 Å². The summed E-state index contributed by atoms with van der Waals surface area (Å²) in [7, 11) is 0. The molecule has 23 heavy (non-hydrogen) atoms. The first-order valence-corrected chi connectivity index (χ1v) is 8.81. The van der Waals surface area contributed by atoms with E-state index in [4.69, 9.17) is 4.74 Å². The second-order valence-corrected chi connectivity index (χ2v) is 8.15. The fraction of sp³-hybridized carbons (Fsp3) is 0.647. The lowest BCUT2D eigenvalue weighted by atomic mass is 9.89. The van der Waals surface area contributed by atoms with Crippen LogP contribution in [0.2, 0.25) is 0 Å². The third-order valence-corrected chi connectivity index (χ3v) is 4.43. The van der Waals surface area contributed by atoms with E-state index >= 15 is 0 Å². The summed E-state index contributed by atoms with van der Waals surface area (Å²) in [4.78, 5) is 18.3. The van der Waals surface area contributed by atoms with Crippen LogP contribution in [-0.4, -0.2) is 40.2 Å². The van der Waals surface area contributed by atoms with Crippen molar-refractivity contribution in [2.24, 2.45) is 0 Å². The first-order valence-electron chi connectivity index (χ1n) is 8.01. The molecule has 2 rings (SSSR count). The highest BCUT2D eigenvalue weighted by atomic mass is 79.9. The van der Waals surface area contributed by atoms with Crippen molar-refractivity contribution < 1.29 is 9.53 Å². The number of hydrogen-bond donors (Lipinski definition) is 1. The molecule has 1 N–H and O–H groups in total. The van der Waals surface area contributed by atoms with E-state index in [2.05, 4.69) is 33.2 Å². The highest BCUT2D eigenvalue weighted by Crippen LogP contribution is 2.23. The smallest absolute Gasteiger partial charge is 0.410 e. The van der Waals surface area contributed by atoms with E-state index in [-0.39, 0.29) is 11.6 Å². The minimum Gasteiger partial charge on any atom is -0.444 e. The molecule has 1 aliphatic rings. The molecule has 5 nitrogen and oxygen atoms in total. The molecule has 1 fully saturated rings. The number of pyridine rings is 1. The van der Waals surface area contributed by atoms with Gasteiger partial charge in [0.25, 0.3) is 0 Å². The summed E-state index contributed by atoms with van der Waals surface area (Å²) in [5.74, 6) is 0. The summed E-state index contributed by atoms with van der Waals surface area (Å²) in [6.07, 6.45) is 1.59. The van der Waals surface area contributed by atoms with Crippen LogP contribution in [0.3, 0.4) is 0 Å². The minimum absolute atomic E-state index is 0.0164. The number of ether oxygens (including phenoxy) is 1. The van der Waals surface area contributed by atoms with E-state index in [9.17, 15) is 4.79 Å². The van der Waals surface area contributed by atoms with Crippen LogP contribution in [0.5, 0.6) is 0 Å². The highest BCUT2D eigenvalue weighted by Gasteiger charge is 2.33. The number of nitrogens with zero attached hydrogens (tertiary/aromatic N) is 2. The number of rotatable bonds is 3.